The summed E-state index contributed by atoms with van der Waals surface area (Å²) in [4.78, 5) is 14.0. The highest BCUT2D eigenvalue weighted by molar-refractivity contribution is 5.83. The van der Waals surface area contributed by atoms with Crippen LogP contribution in [0.25, 0.3) is 0 Å². The molecule has 16 heavy (non-hydrogen) atoms. The number of nitrogens with zero attached hydrogens (tertiary/aromatic N) is 1. The van der Waals surface area contributed by atoms with E-state index in [4.69, 9.17) is 0 Å². The maximum absolute atomic E-state index is 12.0. The number of hydrogen-bond donors (Lipinski definition) is 1. The Balaban J connectivity index is 1.72. The van der Waals surface area contributed by atoms with Gasteiger partial charge in [0.2, 0.25) is 5.91 Å². The summed E-state index contributed by atoms with van der Waals surface area (Å²) in [5.74, 6) is 1.23. The molecule has 0 aromatic heterocycles. The number of likely N-dealkylation sites (N-methyl/N-ethyl adjacent to an activating group) is 1. The van der Waals surface area contributed by atoms with Crippen molar-refractivity contribution >= 4 is 5.91 Å². The van der Waals surface area contributed by atoms with E-state index >= 15 is 0 Å². The number of nitrogens with one attached hydrogen (secondary N) is 1. The molecule has 2 aliphatic rings. The van der Waals surface area contributed by atoms with Gasteiger partial charge in [-0.2, -0.15) is 0 Å². The Morgan fingerprint density at radius 1 is 1.31 bits per heavy atom. The quantitative estimate of drug-likeness (QED) is 0.772. The average Bonchev–Trinajstić information content (AvgIpc) is 2.89. The van der Waals surface area contributed by atoms with Crippen molar-refractivity contribution in [3.8, 4) is 0 Å². The van der Waals surface area contributed by atoms with Crippen molar-refractivity contribution in [2.24, 2.45) is 5.92 Å². The highest BCUT2D eigenvalue weighted by Gasteiger charge is 2.30. The van der Waals surface area contributed by atoms with Crippen LogP contribution >= 0.6 is 0 Å². The second-order valence-electron chi connectivity index (χ2n) is 5.16. The molecule has 0 radical (unpaired) electrons. The van der Waals surface area contributed by atoms with Crippen LogP contribution in [-0.4, -0.2) is 36.5 Å². The highest BCUT2D eigenvalue weighted by atomic mass is 16.2. The van der Waals surface area contributed by atoms with Gasteiger partial charge in [0.05, 0.1) is 6.04 Å². The molecule has 1 N–H and O–H groups in total. The van der Waals surface area contributed by atoms with Crippen LogP contribution in [0.2, 0.25) is 0 Å². The number of likely N-dealkylation sites (tertiary alicyclic amines) is 1. The molecule has 92 valence electrons. The number of carbonyl (C=O) groups is 1. The molecule has 0 aromatic rings. The lowest BCUT2D eigenvalue weighted by Crippen LogP contribution is -2.38. The van der Waals surface area contributed by atoms with E-state index < -0.39 is 0 Å². The number of carbonyl (C=O) groups excluding carboxylic acids is 1. The number of hydrogen-bond acceptors (Lipinski definition) is 2. The first-order valence-corrected chi connectivity index (χ1v) is 6.83. The molecule has 1 aliphatic heterocycles. The standard InChI is InChI=1S/C13H24N2O/c1-2-14-12-8-10-15(13(12)16)9-7-11-5-3-4-6-11/h11-12,14H,2-10H2,1H3. The third-order valence-corrected chi connectivity index (χ3v) is 4.03. The van der Waals surface area contributed by atoms with Crippen molar-refractivity contribution in [2.45, 2.75) is 51.5 Å². The van der Waals surface area contributed by atoms with Crippen molar-refractivity contribution in [3.63, 3.8) is 0 Å². The molecule has 0 aromatic carbocycles. The Bertz CT molecular complexity index is 236. The molecule has 1 heterocycles. The summed E-state index contributed by atoms with van der Waals surface area (Å²) in [6, 6.07) is 0.105. The Morgan fingerprint density at radius 2 is 2.06 bits per heavy atom. The molecular weight excluding hydrogens is 200 g/mol. The summed E-state index contributed by atoms with van der Waals surface area (Å²) in [6.07, 6.45) is 7.80. The van der Waals surface area contributed by atoms with Crippen molar-refractivity contribution in [3.05, 3.63) is 0 Å². The van der Waals surface area contributed by atoms with E-state index in [9.17, 15) is 4.79 Å². The molecule has 1 saturated carbocycles. The van der Waals surface area contributed by atoms with Crippen LogP contribution in [0.3, 0.4) is 0 Å². The maximum atomic E-state index is 12.0. The zero-order chi connectivity index (χ0) is 11.4. The average molecular weight is 224 g/mol. The summed E-state index contributed by atoms with van der Waals surface area (Å²) < 4.78 is 0. The molecule has 1 atom stereocenters. The fourth-order valence-electron chi connectivity index (χ4n) is 3.03. The summed E-state index contributed by atoms with van der Waals surface area (Å²) in [5, 5.41) is 3.26. The minimum Gasteiger partial charge on any atom is -0.341 e. The highest BCUT2D eigenvalue weighted by Crippen LogP contribution is 2.28. The fourth-order valence-corrected chi connectivity index (χ4v) is 3.03. The van der Waals surface area contributed by atoms with E-state index in [1.165, 1.54) is 32.1 Å². The van der Waals surface area contributed by atoms with Crippen molar-refractivity contribution in [2.75, 3.05) is 19.6 Å². The first-order valence-electron chi connectivity index (χ1n) is 6.83. The monoisotopic (exact) mass is 224 g/mol. The molecule has 2 rings (SSSR count). The summed E-state index contributed by atoms with van der Waals surface area (Å²) in [6.45, 7) is 4.91. The third kappa shape index (κ3) is 2.76. The zero-order valence-electron chi connectivity index (χ0n) is 10.4. The summed E-state index contributed by atoms with van der Waals surface area (Å²) in [7, 11) is 0. The van der Waals surface area contributed by atoms with Crippen LogP contribution in [0.4, 0.5) is 0 Å². The minimum absolute atomic E-state index is 0.105. The number of rotatable bonds is 5. The van der Waals surface area contributed by atoms with Gasteiger partial charge in [-0.1, -0.05) is 32.6 Å². The van der Waals surface area contributed by atoms with Crippen molar-refractivity contribution < 1.29 is 4.79 Å². The van der Waals surface area contributed by atoms with E-state index in [0.29, 0.717) is 5.91 Å². The van der Waals surface area contributed by atoms with Crippen LogP contribution < -0.4 is 5.32 Å². The lowest BCUT2D eigenvalue weighted by molar-refractivity contribution is -0.129. The molecule has 3 nitrogen and oxygen atoms in total. The normalized spacial score (nSPS) is 26.9. The molecular formula is C13H24N2O. The van der Waals surface area contributed by atoms with E-state index in [1.807, 2.05) is 0 Å². The van der Waals surface area contributed by atoms with Gasteiger partial charge < -0.3 is 10.2 Å². The van der Waals surface area contributed by atoms with Gasteiger partial charge >= 0.3 is 0 Å². The van der Waals surface area contributed by atoms with Gasteiger partial charge in [0.1, 0.15) is 0 Å². The van der Waals surface area contributed by atoms with Gasteiger partial charge in [-0.3, -0.25) is 4.79 Å². The van der Waals surface area contributed by atoms with Crippen LogP contribution in [0, 0.1) is 5.92 Å². The van der Waals surface area contributed by atoms with Crippen LogP contribution in [-0.2, 0) is 4.79 Å². The van der Waals surface area contributed by atoms with Crippen LogP contribution in [0.15, 0.2) is 0 Å². The van der Waals surface area contributed by atoms with Crippen LogP contribution in [0.5, 0.6) is 0 Å². The molecule has 1 aliphatic carbocycles. The van der Waals surface area contributed by atoms with Gasteiger partial charge in [0, 0.05) is 13.1 Å². The zero-order valence-corrected chi connectivity index (χ0v) is 10.4. The van der Waals surface area contributed by atoms with Gasteiger partial charge in [-0.15, -0.1) is 0 Å². The predicted octanol–water partition coefficient (Wildman–Crippen LogP) is 1.78. The first kappa shape index (κ1) is 11.9. The van der Waals surface area contributed by atoms with Gasteiger partial charge in [-0.05, 0) is 25.3 Å². The second kappa shape index (κ2) is 5.67. The third-order valence-electron chi connectivity index (χ3n) is 4.03. The Kier molecular flexibility index (Phi) is 4.22. The molecule has 1 saturated heterocycles. The van der Waals surface area contributed by atoms with E-state index in [0.717, 1.165) is 32.0 Å². The van der Waals surface area contributed by atoms with E-state index in [1.54, 1.807) is 0 Å². The van der Waals surface area contributed by atoms with Gasteiger partial charge in [0.15, 0.2) is 0 Å². The topological polar surface area (TPSA) is 32.3 Å². The van der Waals surface area contributed by atoms with Crippen molar-refractivity contribution in [1.29, 1.82) is 0 Å². The molecule has 0 spiro atoms. The fraction of sp³-hybridized carbons (Fsp3) is 0.923. The molecule has 1 amide bonds. The first-order chi connectivity index (χ1) is 7.81. The van der Waals surface area contributed by atoms with E-state index in [2.05, 4.69) is 17.1 Å². The Morgan fingerprint density at radius 3 is 2.75 bits per heavy atom. The van der Waals surface area contributed by atoms with E-state index in [-0.39, 0.29) is 6.04 Å². The molecule has 1 unspecified atom stereocenters. The Labute approximate surface area is 98.6 Å². The van der Waals surface area contributed by atoms with Crippen molar-refractivity contribution in [1.82, 2.24) is 10.2 Å². The molecule has 2 fully saturated rings. The molecule has 3 heteroatoms. The second-order valence-corrected chi connectivity index (χ2v) is 5.16. The molecule has 0 bridgehead atoms. The lowest BCUT2D eigenvalue weighted by atomic mass is 10.0. The Hall–Kier alpha value is -0.570. The predicted molar refractivity (Wildman–Crippen MR) is 65.2 cm³/mol. The summed E-state index contributed by atoms with van der Waals surface area (Å²) >= 11 is 0. The van der Waals surface area contributed by atoms with Gasteiger partial charge in [-0.25, -0.2) is 0 Å². The lowest BCUT2D eigenvalue weighted by Gasteiger charge is -2.19. The maximum Gasteiger partial charge on any atom is 0.239 e. The minimum atomic E-state index is 0.105. The SMILES string of the molecule is CCNC1CCN(CCC2CCCC2)C1=O. The van der Waals surface area contributed by atoms with Crippen LogP contribution in [0.1, 0.15) is 45.4 Å². The summed E-state index contributed by atoms with van der Waals surface area (Å²) in [5.41, 5.74) is 0. The smallest absolute Gasteiger partial charge is 0.239 e. The largest absolute Gasteiger partial charge is 0.341 e. The number of amides is 1. The van der Waals surface area contributed by atoms with Gasteiger partial charge in [0.25, 0.3) is 0 Å².